The highest BCUT2D eigenvalue weighted by Gasteiger charge is 2.52. The summed E-state index contributed by atoms with van der Waals surface area (Å²) in [6, 6.07) is 5.04. The van der Waals surface area contributed by atoms with Crippen molar-refractivity contribution in [3.05, 3.63) is 40.6 Å². The highest BCUT2D eigenvalue weighted by atomic mass is 16.8. The van der Waals surface area contributed by atoms with Crippen molar-refractivity contribution < 1.29 is 99.2 Å². The minimum Gasteiger partial charge on any atom is -0.508 e. The maximum absolute atomic E-state index is 13.9. The zero-order valence-corrected chi connectivity index (χ0v) is 28.0. The molecule has 3 aliphatic rings. The molecular formula is C33H40O21. The molecule has 4 heterocycles. The van der Waals surface area contributed by atoms with E-state index in [1.165, 1.54) is 13.0 Å². The minimum absolute atomic E-state index is 0.102. The molecule has 6 rings (SSSR count). The number of phenolic OH excluding ortho intramolecular Hbond substituents is 4. The second kappa shape index (κ2) is 15.7. The molecule has 13 N–H and O–H groups in total. The third-order valence-electron chi connectivity index (χ3n) is 9.40. The van der Waals surface area contributed by atoms with Gasteiger partial charge in [-0.15, -0.1) is 0 Å². The molecule has 2 aromatic carbocycles. The average Bonchev–Trinajstić information content (AvgIpc) is 3.13. The molecule has 3 aromatic rings. The van der Waals surface area contributed by atoms with Crippen molar-refractivity contribution in [2.24, 2.45) is 0 Å². The summed E-state index contributed by atoms with van der Waals surface area (Å²) < 4.78 is 39.8. The zero-order valence-electron chi connectivity index (χ0n) is 28.0. The average molecular weight is 773 g/mol. The number of rotatable bonds is 9. The third kappa shape index (κ3) is 7.39. The number of hydrogen-bond acceptors (Lipinski definition) is 21. The molecule has 1 unspecified atom stereocenters. The fourth-order valence-electron chi connectivity index (χ4n) is 6.33. The first-order valence-corrected chi connectivity index (χ1v) is 16.5. The fraction of sp³-hybridized carbons (Fsp3) is 0.545. The van der Waals surface area contributed by atoms with Crippen molar-refractivity contribution in [3.8, 4) is 40.1 Å². The van der Waals surface area contributed by atoms with E-state index in [0.29, 0.717) is 0 Å². The van der Waals surface area contributed by atoms with Gasteiger partial charge in [0.05, 0.1) is 19.3 Å². The summed E-state index contributed by atoms with van der Waals surface area (Å²) in [6.07, 6.45) is -26.5. The predicted molar refractivity (Wildman–Crippen MR) is 173 cm³/mol. The maximum atomic E-state index is 13.9. The fourth-order valence-corrected chi connectivity index (χ4v) is 6.33. The number of benzene rings is 2. The summed E-state index contributed by atoms with van der Waals surface area (Å²) in [5.74, 6) is -3.72. The number of ether oxygens (including phenoxy) is 6. The molecule has 0 saturated carbocycles. The Kier molecular flexibility index (Phi) is 11.5. The van der Waals surface area contributed by atoms with E-state index in [-0.39, 0.29) is 11.1 Å². The van der Waals surface area contributed by atoms with Gasteiger partial charge in [-0.1, -0.05) is 0 Å². The van der Waals surface area contributed by atoms with Gasteiger partial charge >= 0.3 is 0 Å². The highest BCUT2D eigenvalue weighted by molar-refractivity contribution is 5.88. The van der Waals surface area contributed by atoms with Crippen LogP contribution in [0.3, 0.4) is 0 Å². The Morgan fingerprint density at radius 1 is 0.667 bits per heavy atom. The van der Waals surface area contributed by atoms with Crippen molar-refractivity contribution in [3.63, 3.8) is 0 Å². The molecule has 0 bridgehead atoms. The summed E-state index contributed by atoms with van der Waals surface area (Å²) in [5, 5.41) is 134. The largest absolute Gasteiger partial charge is 0.508 e. The van der Waals surface area contributed by atoms with Crippen molar-refractivity contribution in [1.29, 1.82) is 0 Å². The minimum atomic E-state index is -2.16. The predicted octanol–water partition coefficient (Wildman–Crippen LogP) is -3.86. The molecule has 15 atom stereocenters. The Balaban J connectivity index is 1.37. The molecule has 21 nitrogen and oxygen atoms in total. The summed E-state index contributed by atoms with van der Waals surface area (Å²) in [6.45, 7) is -0.219. The lowest BCUT2D eigenvalue weighted by Gasteiger charge is -2.46. The van der Waals surface area contributed by atoms with Crippen molar-refractivity contribution in [2.75, 3.05) is 13.2 Å². The molecule has 298 valence electrons. The van der Waals surface area contributed by atoms with Gasteiger partial charge < -0.3 is 99.2 Å². The van der Waals surface area contributed by atoms with Crippen LogP contribution in [-0.4, -0.2) is 172 Å². The van der Waals surface area contributed by atoms with E-state index >= 15 is 0 Å². The topological polar surface area (TPSA) is 349 Å². The Morgan fingerprint density at radius 2 is 1.31 bits per heavy atom. The third-order valence-corrected chi connectivity index (χ3v) is 9.40. The van der Waals surface area contributed by atoms with E-state index in [2.05, 4.69) is 0 Å². The normalized spacial score (nSPS) is 37.3. The van der Waals surface area contributed by atoms with Crippen LogP contribution < -0.4 is 10.2 Å². The second-order valence-electron chi connectivity index (χ2n) is 13.1. The number of phenols is 4. The number of aliphatic hydroxyl groups excluding tert-OH is 9. The highest BCUT2D eigenvalue weighted by Crippen LogP contribution is 2.40. The van der Waals surface area contributed by atoms with Crippen LogP contribution in [0.5, 0.6) is 28.7 Å². The lowest BCUT2D eigenvalue weighted by Crippen LogP contribution is -2.65. The maximum Gasteiger partial charge on any atom is 0.239 e. The lowest BCUT2D eigenvalue weighted by atomic mass is 9.96. The molecule has 3 saturated heterocycles. The standard InChI is InChI=1S/C33H40O21/c1-9-19(39)22(42)25(45)31(49-9)48-8-17-29(53-32-26(46)23(43)20(40)16(7-34)51-32)24(44)27(47)33(52-17)54-30-21(41)18-14(38)5-11(35)6-15(18)50-28(30)10-2-3-12(36)13(37)4-10/h2-6,9,16-17,19-20,22-27,29,31-40,42-47H,7-8H2,1H3/t9-,16+,17+,19-,20+,22+,23-,24+,25+,26+,27?,29+,31+,32+,33-/m0/s1. The Hall–Kier alpha value is -3.91. The molecule has 54 heavy (non-hydrogen) atoms. The van der Waals surface area contributed by atoms with Crippen LogP contribution in [-0.2, 0) is 23.7 Å². The summed E-state index contributed by atoms with van der Waals surface area (Å²) in [7, 11) is 0. The van der Waals surface area contributed by atoms with E-state index in [0.717, 1.165) is 24.3 Å². The number of hydrogen-bond donors (Lipinski definition) is 13. The van der Waals surface area contributed by atoms with Gasteiger partial charge in [0.1, 0.15) is 89.6 Å². The van der Waals surface area contributed by atoms with Crippen LogP contribution in [0.4, 0.5) is 0 Å². The smallest absolute Gasteiger partial charge is 0.239 e. The first-order chi connectivity index (χ1) is 25.5. The van der Waals surface area contributed by atoms with Crippen LogP contribution in [0.2, 0.25) is 0 Å². The monoisotopic (exact) mass is 772 g/mol. The molecule has 3 aliphatic heterocycles. The van der Waals surface area contributed by atoms with E-state index in [1.807, 2.05) is 0 Å². The van der Waals surface area contributed by atoms with Gasteiger partial charge in [0.25, 0.3) is 0 Å². The van der Waals surface area contributed by atoms with Crippen LogP contribution in [0.25, 0.3) is 22.3 Å². The molecule has 1 aromatic heterocycles. The van der Waals surface area contributed by atoms with Crippen LogP contribution in [0.15, 0.2) is 39.5 Å². The molecular weight excluding hydrogens is 732 g/mol. The second-order valence-corrected chi connectivity index (χ2v) is 13.1. The van der Waals surface area contributed by atoms with Gasteiger partial charge in [-0.25, -0.2) is 0 Å². The van der Waals surface area contributed by atoms with Gasteiger partial charge in [-0.2, -0.15) is 0 Å². The SMILES string of the molecule is C[C@@H]1O[C@@H](OC[C@H]2O[C@@H](Oc3c(-c4ccc(O)c(O)c4)oc4cc(O)cc(O)c4c3=O)C(O)[C@@H](O)[C@@H]2O[C@H]2O[C@H](CO)[C@@H](O)[C@H](O)[C@H]2O)[C@H](O)[C@H](O)[C@H]1O. The molecule has 0 amide bonds. The van der Waals surface area contributed by atoms with Crippen molar-refractivity contribution in [1.82, 2.24) is 0 Å². The van der Waals surface area contributed by atoms with Gasteiger partial charge in [-0.3, -0.25) is 4.79 Å². The molecule has 0 radical (unpaired) electrons. The molecule has 21 heteroatoms. The molecule has 0 aliphatic carbocycles. The number of fused-ring (bicyclic) bond motifs is 1. The first-order valence-electron chi connectivity index (χ1n) is 16.5. The molecule has 0 spiro atoms. The first kappa shape index (κ1) is 39.8. The summed E-state index contributed by atoms with van der Waals surface area (Å²) in [4.78, 5) is 13.9. The van der Waals surface area contributed by atoms with Gasteiger partial charge in [-0.05, 0) is 25.1 Å². The Bertz CT molecular complexity index is 1850. The summed E-state index contributed by atoms with van der Waals surface area (Å²) in [5.41, 5.74) is -1.56. The van der Waals surface area contributed by atoms with Gasteiger partial charge in [0, 0.05) is 17.7 Å². The van der Waals surface area contributed by atoms with Gasteiger partial charge in [0.2, 0.25) is 17.5 Å². The molecule has 3 fully saturated rings. The van der Waals surface area contributed by atoms with Crippen LogP contribution in [0, 0.1) is 0 Å². The lowest BCUT2D eigenvalue weighted by molar-refractivity contribution is -0.359. The quantitative estimate of drug-likeness (QED) is 0.0925. The Labute approximate surface area is 303 Å². The van der Waals surface area contributed by atoms with E-state index < -0.39 is 151 Å². The Morgan fingerprint density at radius 3 is 2.00 bits per heavy atom. The van der Waals surface area contributed by atoms with Gasteiger partial charge in [0.15, 0.2) is 29.8 Å². The zero-order chi connectivity index (χ0) is 39.3. The van der Waals surface area contributed by atoms with Crippen LogP contribution >= 0.6 is 0 Å². The number of aliphatic hydroxyl groups is 9. The summed E-state index contributed by atoms with van der Waals surface area (Å²) >= 11 is 0. The number of aromatic hydroxyl groups is 4. The van der Waals surface area contributed by atoms with Crippen molar-refractivity contribution in [2.45, 2.75) is 99.0 Å². The van der Waals surface area contributed by atoms with E-state index in [1.54, 1.807) is 0 Å². The van der Waals surface area contributed by atoms with Crippen molar-refractivity contribution >= 4 is 11.0 Å². The van der Waals surface area contributed by atoms with Crippen LogP contribution in [0.1, 0.15) is 6.92 Å². The van der Waals surface area contributed by atoms with E-state index in [9.17, 15) is 71.2 Å². The van der Waals surface area contributed by atoms with E-state index in [4.69, 9.17) is 32.8 Å².